The number of nitrogen functional groups attached to an aromatic ring is 1. The summed E-state index contributed by atoms with van der Waals surface area (Å²) in [5, 5.41) is 14.2. The highest BCUT2D eigenvalue weighted by Gasteiger charge is 2.30. The van der Waals surface area contributed by atoms with E-state index in [1.165, 1.54) is 18.5 Å². The van der Waals surface area contributed by atoms with Gasteiger partial charge in [-0.25, -0.2) is 9.97 Å². The van der Waals surface area contributed by atoms with Crippen molar-refractivity contribution in [2.75, 3.05) is 16.4 Å². The highest BCUT2D eigenvalue weighted by Crippen LogP contribution is 2.30. The SMILES string of the molecule is CC(C)Nc1ncnc(N)c1C(=N)c1ccc(NC(=O)c2cccc(C(F)(F)F)c2)cc1. The summed E-state index contributed by atoms with van der Waals surface area (Å²) < 4.78 is 38.6. The van der Waals surface area contributed by atoms with Gasteiger partial charge < -0.3 is 16.4 Å². The van der Waals surface area contributed by atoms with Gasteiger partial charge in [-0.3, -0.25) is 10.2 Å². The smallest absolute Gasteiger partial charge is 0.383 e. The van der Waals surface area contributed by atoms with Crippen molar-refractivity contribution in [3.05, 3.63) is 77.1 Å². The number of alkyl halides is 3. The zero-order chi connectivity index (χ0) is 23.5. The average Bonchev–Trinajstić information content (AvgIpc) is 2.73. The minimum atomic E-state index is -4.54. The molecule has 5 N–H and O–H groups in total. The van der Waals surface area contributed by atoms with Crippen LogP contribution in [0.5, 0.6) is 0 Å². The van der Waals surface area contributed by atoms with E-state index < -0.39 is 17.6 Å². The molecule has 7 nitrogen and oxygen atoms in total. The summed E-state index contributed by atoms with van der Waals surface area (Å²) in [4.78, 5) is 20.5. The molecule has 0 spiro atoms. The maximum absolute atomic E-state index is 12.9. The summed E-state index contributed by atoms with van der Waals surface area (Å²) in [6, 6.07) is 10.5. The molecule has 0 aliphatic carbocycles. The first-order valence-corrected chi connectivity index (χ1v) is 9.61. The third-order valence-corrected chi connectivity index (χ3v) is 4.44. The van der Waals surface area contributed by atoms with Crippen LogP contribution in [-0.4, -0.2) is 27.6 Å². The van der Waals surface area contributed by atoms with Crippen LogP contribution in [0.3, 0.4) is 0 Å². The normalized spacial score (nSPS) is 11.3. The highest BCUT2D eigenvalue weighted by atomic mass is 19.4. The second kappa shape index (κ2) is 9.04. The summed E-state index contributed by atoms with van der Waals surface area (Å²) in [5.41, 5.74) is 6.25. The molecule has 32 heavy (non-hydrogen) atoms. The van der Waals surface area contributed by atoms with E-state index in [1.54, 1.807) is 24.3 Å². The van der Waals surface area contributed by atoms with E-state index in [0.717, 1.165) is 12.1 Å². The van der Waals surface area contributed by atoms with Crippen molar-refractivity contribution < 1.29 is 18.0 Å². The van der Waals surface area contributed by atoms with Gasteiger partial charge in [-0.2, -0.15) is 13.2 Å². The van der Waals surface area contributed by atoms with E-state index in [9.17, 15) is 18.0 Å². The van der Waals surface area contributed by atoms with Crippen LogP contribution < -0.4 is 16.4 Å². The summed E-state index contributed by atoms with van der Waals surface area (Å²) in [6.45, 7) is 3.85. The first kappa shape index (κ1) is 22.7. The predicted molar refractivity (Wildman–Crippen MR) is 117 cm³/mol. The Labute approximate surface area is 182 Å². The van der Waals surface area contributed by atoms with Crippen molar-refractivity contribution in [1.29, 1.82) is 5.41 Å². The fraction of sp³-hybridized carbons (Fsp3) is 0.182. The van der Waals surface area contributed by atoms with Gasteiger partial charge in [0.25, 0.3) is 5.91 Å². The van der Waals surface area contributed by atoms with E-state index in [1.807, 2.05) is 13.8 Å². The van der Waals surface area contributed by atoms with E-state index in [0.29, 0.717) is 22.6 Å². The molecular weight excluding hydrogens is 421 g/mol. The number of amides is 1. The van der Waals surface area contributed by atoms with Crippen molar-refractivity contribution >= 4 is 28.9 Å². The van der Waals surface area contributed by atoms with Crippen LogP contribution in [0.2, 0.25) is 0 Å². The van der Waals surface area contributed by atoms with Gasteiger partial charge in [-0.15, -0.1) is 0 Å². The molecule has 0 fully saturated rings. The third kappa shape index (κ3) is 5.20. The fourth-order valence-electron chi connectivity index (χ4n) is 2.93. The zero-order valence-corrected chi connectivity index (χ0v) is 17.3. The van der Waals surface area contributed by atoms with Crippen molar-refractivity contribution in [3.8, 4) is 0 Å². The van der Waals surface area contributed by atoms with E-state index in [4.69, 9.17) is 11.1 Å². The van der Waals surface area contributed by atoms with Crippen molar-refractivity contribution in [3.63, 3.8) is 0 Å². The number of hydrogen-bond donors (Lipinski definition) is 4. The van der Waals surface area contributed by atoms with Gasteiger partial charge in [0, 0.05) is 22.9 Å². The summed E-state index contributed by atoms with van der Waals surface area (Å²) in [5.74, 6) is -0.0995. The second-order valence-electron chi connectivity index (χ2n) is 7.27. The third-order valence-electron chi connectivity index (χ3n) is 4.44. The molecule has 0 radical (unpaired) electrons. The van der Waals surface area contributed by atoms with Crippen LogP contribution in [0.25, 0.3) is 0 Å². The van der Waals surface area contributed by atoms with Crippen molar-refractivity contribution in [2.45, 2.75) is 26.1 Å². The summed E-state index contributed by atoms with van der Waals surface area (Å²) in [7, 11) is 0. The molecule has 0 saturated heterocycles. The predicted octanol–water partition coefficient (Wildman–Crippen LogP) is 4.57. The summed E-state index contributed by atoms with van der Waals surface area (Å²) >= 11 is 0. The largest absolute Gasteiger partial charge is 0.416 e. The Morgan fingerprint density at radius 3 is 2.38 bits per heavy atom. The Kier molecular flexibility index (Phi) is 6.42. The van der Waals surface area contributed by atoms with Crippen LogP contribution in [0.4, 0.5) is 30.5 Å². The molecule has 1 amide bonds. The van der Waals surface area contributed by atoms with Gasteiger partial charge in [0.2, 0.25) is 0 Å². The maximum Gasteiger partial charge on any atom is 0.416 e. The molecule has 3 aromatic rings. The number of anilines is 3. The maximum atomic E-state index is 12.9. The fourth-order valence-corrected chi connectivity index (χ4v) is 2.93. The first-order valence-electron chi connectivity index (χ1n) is 9.61. The minimum Gasteiger partial charge on any atom is -0.383 e. The Morgan fingerprint density at radius 2 is 1.75 bits per heavy atom. The van der Waals surface area contributed by atoms with Gasteiger partial charge in [0.05, 0.1) is 16.8 Å². The van der Waals surface area contributed by atoms with Gasteiger partial charge in [0.15, 0.2) is 0 Å². The highest BCUT2D eigenvalue weighted by molar-refractivity contribution is 6.16. The molecule has 1 aromatic heterocycles. The number of halogens is 3. The molecular formula is C22H21F3N6O. The topological polar surface area (TPSA) is 117 Å². The van der Waals surface area contributed by atoms with Crippen LogP contribution in [0.15, 0.2) is 54.9 Å². The lowest BCUT2D eigenvalue weighted by atomic mass is 10.0. The van der Waals surface area contributed by atoms with Gasteiger partial charge in [-0.05, 0) is 44.2 Å². The number of nitrogens with two attached hydrogens (primary N) is 1. The molecule has 2 aromatic carbocycles. The van der Waals surface area contributed by atoms with E-state index in [-0.39, 0.29) is 23.1 Å². The number of carbonyl (C=O) groups excluding carboxylic acids is 1. The molecule has 0 aliphatic heterocycles. The molecule has 0 unspecified atom stereocenters. The summed E-state index contributed by atoms with van der Waals surface area (Å²) in [6.07, 6.45) is -3.23. The number of aromatic nitrogens is 2. The number of carbonyl (C=O) groups is 1. The Hall–Kier alpha value is -3.95. The number of rotatable bonds is 6. The van der Waals surface area contributed by atoms with Crippen LogP contribution in [0, 0.1) is 5.41 Å². The van der Waals surface area contributed by atoms with E-state index in [2.05, 4.69) is 20.6 Å². The lowest BCUT2D eigenvalue weighted by Crippen LogP contribution is -2.18. The van der Waals surface area contributed by atoms with E-state index >= 15 is 0 Å². The molecule has 0 bridgehead atoms. The molecule has 3 rings (SSSR count). The van der Waals surface area contributed by atoms with Gasteiger partial charge in [0.1, 0.15) is 18.0 Å². The van der Waals surface area contributed by atoms with Crippen molar-refractivity contribution in [1.82, 2.24) is 9.97 Å². The van der Waals surface area contributed by atoms with Crippen LogP contribution in [-0.2, 0) is 6.18 Å². The van der Waals surface area contributed by atoms with Crippen LogP contribution >= 0.6 is 0 Å². The molecule has 1 heterocycles. The standard InChI is InChI=1S/C22H21F3N6O/c1-12(2)30-20-17(19(27)28-11-29-20)18(26)13-6-8-16(9-7-13)31-21(32)14-4-3-5-15(10-14)22(23,24)25/h3-12,26H,1-2H3,(H,31,32)(H3,27,28,29,30). The molecule has 10 heteroatoms. The molecule has 0 saturated carbocycles. The minimum absolute atomic E-state index is 0.0595. The van der Waals surface area contributed by atoms with Crippen molar-refractivity contribution in [2.24, 2.45) is 0 Å². The average molecular weight is 442 g/mol. The molecule has 0 atom stereocenters. The lowest BCUT2D eigenvalue weighted by Gasteiger charge is -2.15. The monoisotopic (exact) mass is 442 g/mol. The van der Waals surface area contributed by atoms with Crippen LogP contribution in [0.1, 0.15) is 40.9 Å². The molecule has 0 aliphatic rings. The van der Waals surface area contributed by atoms with Gasteiger partial charge >= 0.3 is 6.18 Å². The number of benzene rings is 2. The number of nitrogens with one attached hydrogen (secondary N) is 3. The number of nitrogens with zero attached hydrogens (tertiary/aromatic N) is 2. The number of hydrogen-bond acceptors (Lipinski definition) is 6. The quantitative estimate of drug-likeness (QED) is 0.418. The lowest BCUT2D eigenvalue weighted by molar-refractivity contribution is -0.137. The first-order chi connectivity index (χ1) is 15.1. The Bertz CT molecular complexity index is 1140. The molecule has 166 valence electrons. The Morgan fingerprint density at radius 1 is 1.06 bits per heavy atom. The van der Waals surface area contributed by atoms with Gasteiger partial charge in [-0.1, -0.05) is 18.2 Å². The Balaban J connectivity index is 1.79. The zero-order valence-electron chi connectivity index (χ0n) is 17.3. The second-order valence-corrected chi connectivity index (χ2v) is 7.27.